The fraction of sp³-hybridized carbons (Fsp3) is 0.500. The summed E-state index contributed by atoms with van der Waals surface area (Å²) in [4.78, 5) is 14.3. The van der Waals surface area contributed by atoms with Crippen LogP contribution in [-0.4, -0.2) is 22.2 Å². The summed E-state index contributed by atoms with van der Waals surface area (Å²) in [6, 6.07) is 3.15. The fourth-order valence-corrected chi connectivity index (χ4v) is 2.07. The van der Waals surface area contributed by atoms with Crippen LogP contribution in [0.3, 0.4) is 0 Å². The van der Waals surface area contributed by atoms with Gasteiger partial charge in [-0.05, 0) is 37.8 Å². The predicted molar refractivity (Wildman–Crippen MR) is 58.2 cm³/mol. The van der Waals surface area contributed by atoms with Crippen molar-refractivity contribution in [2.24, 2.45) is 5.92 Å². The molecule has 17 heavy (non-hydrogen) atoms. The van der Waals surface area contributed by atoms with Crippen molar-refractivity contribution < 1.29 is 19.0 Å². The lowest BCUT2D eigenvalue weighted by Gasteiger charge is -2.26. The Kier molecular flexibility index (Phi) is 3.56. The van der Waals surface area contributed by atoms with Gasteiger partial charge in [-0.15, -0.1) is 0 Å². The number of aromatic nitrogens is 1. The standard InChI is InChI=1S/C12H14FNO3/c13-11-10(2-1-7-14-11)17-9-5-3-8(4-6-9)12(15)16/h1-2,7-9H,3-6H2,(H,15,16). The number of aliphatic carboxylic acids is 1. The first-order chi connectivity index (χ1) is 8.16. The molecule has 0 spiro atoms. The third-order valence-electron chi connectivity index (χ3n) is 3.04. The molecule has 0 aliphatic heterocycles. The van der Waals surface area contributed by atoms with Crippen molar-refractivity contribution in [3.63, 3.8) is 0 Å². The third-order valence-corrected chi connectivity index (χ3v) is 3.04. The quantitative estimate of drug-likeness (QED) is 0.822. The van der Waals surface area contributed by atoms with Crippen LogP contribution >= 0.6 is 0 Å². The minimum atomic E-state index is -0.754. The van der Waals surface area contributed by atoms with E-state index in [4.69, 9.17) is 9.84 Å². The monoisotopic (exact) mass is 239 g/mol. The molecule has 4 nitrogen and oxygen atoms in total. The molecule has 0 saturated heterocycles. The van der Waals surface area contributed by atoms with E-state index in [1.165, 1.54) is 12.3 Å². The molecular formula is C12H14FNO3. The molecule has 92 valence electrons. The Balaban J connectivity index is 1.90. The van der Waals surface area contributed by atoms with Gasteiger partial charge >= 0.3 is 5.97 Å². The lowest BCUT2D eigenvalue weighted by atomic mass is 9.87. The number of carboxylic acids is 1. The second-order valence-electron chi connectivity index (χ2n) is 4.22. The van der Waals surface area contributed by atoms with Crippen molar-refractivity contribution in [3.05, 3.63) is 24.3 Å². The summed E-state index contributed by atoms with van der Waals surface area (Å²) in [5.74, 6) is -1.51. The Hall–Kier alpha value is -1.65. The van der Waals surface area contributed by atoms with Crippen LogP contribution < -0.4 is 4.74 Å². The zero-order chi connectivity index (χ0) is 12.3. The highest BCUT2D eigenvalue weighted by Crippen LogP contribution is 2.28. The van der Waals surface area contributed by atoms with Crippen LogP contribution in [-0.2, 0) is 4.79 Å². The van der Waals surface area contributed by atoms with Crippen molar-refractivity contribution in [2.75, 3.05) is 0 Å². The lowest BCUT2D eigenvalue weighted by molar-refractivity contribution is -0.143. The minimum absolute atomic E-state index is 0.107. The minimum Gasteiger partial charge on any atom is -0.486 e. The summed E-state index contributed by atoms with van der Waals surface area (Å²) in [5, 5.41) is 8.85. The van der Waals surface area contributed by atoms with Gasteiger partial charge < -0.3 is 9.84 Å². The van der Waals surface area contributed by atoms with Gasteiger partial charge in [0.15, 0.2) is 5.75 Å². The van der Waals surface area contributed by atoms with Gasteiger partial charge in [0.2, 0.25) is 0 Å². The molecular weight excluding hydrogens is 225 g/mol. The smallest absolute Gasteiger partial charge is 0.306 e. The number of pyridine rings is 1. The van der Waals surface area contributed by atoms with Crippen LogP contribution in [0.4, 0.5) is 4.39 Å². The highest BCUT2D eigenvalue weighted by Gasteiger charge is 2.27. The Morgan fingerprint density at radius 2 is 2.12 bits per heavy atom. The Labute approximate surface area is 98.4 Å². The van der Waals surface area contributed by atoms with E-state index in [2.05, 4.69) is 4.98 Å². The number of halogens is 1. The van der Waals surface area contributed by atoms with Gasteiger partial charge in [-0.2, -0.15) is 4.39 Å². The largest absolute Gasteiger partial charge is 0.486 e. The van der Waals surface area contributed by atoms with E-state index in [0.717, 1.165) is 0 Å². The van der Waals surface area contributed by atoms with E-state index in [-0.39, 0.29) is 17.8 Å². The molecule has 1 heterocycles. The van der Waals surface area contributed by atoms with Crippen LogP contribution in [0.25, 0.3) is 0 Å². The maximum atomic E-state index is 13.2. The normalized spacial score (nSPS) is 24.3. The highest BCUT2D eigenvalue weighted by atomic mass is 19.1. The number of nitrogens with zero attached hydrogens (tertiary/aromatic N) is 1. The Morgan fingerprint density at radius 1 is 1.41 bits per heavy atom. The van der Waals surface area contributed by atoms with E-state index in [1.54, 1.807) is 6.07 Å². The molecule has 1 aliphatic rings. The molecule has 5 heteroatoms. The third kappa shape index (κ3) is 2.93. The van der Waals surface area contributed by atoms with Gasteiger partial charge in [-0.25, -0.2) is 4.98 Å². The van der Waals surface area contributed by atoms with Gasteiger partial charge in [-0.1, -0.05) is 0 Å². The number of rotatable bonds is 3. The van der Waals surface area contributed by atoms with Crippen LogP contribution in [0.2, 0.25) is 0 Å². The molecule has 1 aromatic heterocycles. The van der Waals surface area contributed by atoms with Crippen LogP contribution in [0, 0.1) is 11.9 Å². The fourth-order valence-electron chi connectivity index (χ4n) is 2.07. The van der Waals surface area contributed by atoms with E-state index < -0.39 is 11.9 Å². The second kappa shape index (κ2) is 5.12. The van der Waals surface area contributed by atoms with E-state index in [1.807, 2.05) is 0 Å². The molecule has 2 rings (SSSR count). The first kappa shape index (κ1) is 11.8. The van der Waals surface area contributed by atoms with Gasteiger partial charge in [0.1, 0.15) is 0 Å². The second-order valence-corrected chi connectivity index (χ2v) is 4.22. The summed E-state index contributed by atoms with van der Waals surface area (Å²) < 4.78 is 18.7. The molecule has 1 aliphatic carbocycles. The van der Waals surface area contributed by atoms with Crippen molar-refractivity contribution >= 4 is 5.97 Å². The topological polar surface area (TPSA) is 59.4 Å². The molecule has 0 unspecified atom stereocenters. The zero-order valence-electron chi connectivity index (χ0n) is 9.30. The average molecular weight is 239 g/mol. The molecule has 0 aromatic carbocycles. The van der Waals surface area contributed by atoms with Gasteiger partial charge in [0, 0.05) is 6.20 Å². The van der Waals surface area contributed by atoms with Gasteiger partial charge in [0.05, 0.1) is 12.0 Å². The maximum absolute atomic E-state index is 13.2. The molecule has 1 saturated carbocycles. The van der Waals surface area contributed by atoms with Crippen molar-refractivity contribution in [2.45, 2.75) is 31.8 Å². The van der Waals surface area contributed by atoms with Crippen LogP contribution in [0.15, 0.2) is 18.3 Å². The lowest BCUT2D eigenvalue weighted by Crippen LogP contribution is -2.28. The number of carbonyl (C=O) groups is 1. The van der Waals surface area contributed by atoms with E-state index in [0.29, 0.717) is 25.7 Å². The molecule has 0 bridgehead atoms. The average Bonchev–Trinajstić information content (AvgIpc) is 2.33. The van der Waals surface area contributed by atoms with E-state index >= 15 is 0 Å². The van der Waals surface area contributed by atoms with Crippen molar-refractivity contribution in [1.82, 2.24) is 4.98 Å². The molecule has 0 radical (unpaired) electrons. The van der Waals surface area contributed by atoms with Crippen molar-refractivity contribution in [3.8, 4) is 5.75 Å². The molecule has 1 aromatic rings. The Bertz CT molecular complexity index is 402. The maximum Gasteiger partial charge on any atom is 0.306 e. The van der Waals surface area contributed by atoms with Gasteiger partial charge in [-0.3, -0.25) is 4.79 Å². The number of hydrogen-bond acceptors (Lipinski definition) is 3. The molecule has 0 amide bonds. The predicted octanol–water partition coefficient (Wildman–Crippen LogP) is 2.24. The first-order valence-electron chi connectivity index (χ1n) is 5.67. The summed E-state index contributed by atoms with van der Waals surface area (Å²) in [7, 11) is 0. The number of carboxylic acid groups (broad SMARTS) is 1. The summed E-state index contributed by atoms with van der Waals surface area (Å²) in [6.07, 6.45) is 3.72. The van der Waals surface area contributed by atoms with Gasteiger partial charge in [0.25, 0.3) is 5.95 Å². The summed E-state index contributed by atoms with van der Waals surface area (Å²) >= 11 is 0. The number of hydrogen-bond donors (Lipinski definition) is 1. The SMILES string of the molecule is O=C(O)C1CCC(Oc2cccnc2F)CC1. The highest BCUT2D eigenvalue weighted by molar-refractivity contribution is 5.70. The van der Waals surface area contributed by atoms with E-state index in [9.17, 15) is 9.18 Å². The molecule has 1 N–H and O–H groups in total. The molecule has 1 fully saturated rings. The summed E-state index contributed by atoms with van der Waals surface area (Å²) in [5.41, 5.74) is 0. The van der Waals surface area contributed by atoms with Crippen molar-refractivity contribution in [1.29, 1.82) is 0 Å². The Morgan fingerprint density at radius 3 is 2.71 bits per heavy atom. The van der Waals surface area contributed by atoms with Crippen LogP contribution in [0.1, 0.15) is 25.7 Å². The zero-order valence-corrected chi connectivity index (χ0v) is 9.30. The molecule has 0 atom stereocenters. The summed E-state index contributed by atoms with van der Waals surface area (Å²) in [6.45, 7) is 0. The first-order valence-corrected chi connectivity index (χ1v) is 5.67. The van der Waals surface area contributed by atoms with Crippen LogP contribution in [0.5, 0.6) is 5.75 Å². The number of ether oxygens (including phenoxy) is 1.